The Balaban J connectivity index is 1.74. The van der Waals surface area contributed by atoms with Gasteiger partial charge in [0.2, 0.25) is 5.91 Å². The SMILES string of the molecule is CCn1c(=O)c2sc(N3CCCC3)nc2n(CC(=O)Nc2cccc(Br)c2)c1=O. The largest absolute Gasteiger partial charge is 0.348 e. The number of aromatic nitrogens is 3. The minimum atomic E-state index is -0.521. The summed E-state index contributed by atoms with van der Waals surface area (Å²) in [5.74, 6) is -0.358. The molecule has 2 aromatic heterocycles. The average molecular weight is 478 g/mol. The number of nitrogens with zero attached hydrogens (tertiary/aromatic N) is 4. The number of carbonyl (C=O) groups is 1. The van der Waals surface area contributed by atoms with Crippen LogP contribution >= 0.6 is 27.3 Å². The van der Waals surface area contributed by atoms with Crippen LogP contribution in [0.25, 0.3) is 10.3 Å². The van der Waals surface area contributed by atoms with E-state index in [0.717, 1.165) is 40.1 Å². The first-order valence-corrected chi connectivity index (χ1v) is 11.0. The summed E-state index contributed by atoms with van der Waals surface area (Å²) in [5.41, 5.74) is 0.0289. The number of hydrogen-bond acceptors (Lipinski definition) is 6. The van der Waals surface area contributed by atoms with E-state index >= 15 is 0 Å². The predicted molar refractivity (Wildman–Crippen MR) is 118 cm³/mol. The lowest BCUT2D eigenvalue weighted by molar-refractivity contribution is -0.116. The fraction of sp³-hybridized carbons (Fsp3) is 0.368. The van der Waals surface area contributed by atoms with Gasteiger partial charge >= 0.3 is 5.69 Å². The molecule has 1 amide bonds. The van der Waals surface area contributed by atoms with Gasteiger partial charge in [-0.2, -0.15) is 0 Å². The summed E-state index contributed by atoms with van der Waals surface area (Å²) in [7, 11) is 0. The molecule has 1 aromatic carbocycles. The van der Waals surface area contributed by atoms with Crippen LogP contribution in [0.5, 0.6) is 0 Å². The maximum absolute atomic E-state index is 12.9. The van der Waals surface area contributed by atoms with Crippen LogP contribution in [0.3, 0.4) is 0 Å². The smallest absolute Gasteiger partial charge is 0.333 e. The molecule has 0 atom stereocenters. The lowest BCUT2D eigenvalue weighted by Gasteiger charge is -2.12. The van der Waals surface area contributed by atoms with Crippen LogP contribution in [-0.4, -0.2) is 33.1 Å². The molecule has 8 nitrogen and oxygen atoms in total. The number of halogens is 1. The van der Waals surface area contributed by atoms with Crippen molar-refractivity contribution in [2.75, 3.05) is 23.3 Å². The second-order valence-electron chi connectivity index (χ2n) is 6.82. The number of amides is 1. The Bertz CT molecular complexity index is 1190. The number of anilines is 2. The zero-order valence-corrected chi connectivity index (χ0v) is 18.3. The zero-order valence-electron chi connectivity index (χ0n) is 15.9. The Morgan fingerprint density at radius 3 is 2.69 bits per heavy atom. The van der Waals surface area contributed by atoms with Crippen molar-refractivity contribution in [1.82, 2.24) is 14.1 Å². The van der Waals surface area contributed by atoms with Gasteiger partial charge in [0.25, 0.3) is 5.56 Å². The fourth-order valence-corrected chi connectivity index (χ4v) is 4.91. The van der Waals surface area contributed by atoms with Gasteiger partial charge in [-0.05, 0) is 38.0 Å². The van der Waals surface area contributed by atoms with Crippen LogP contribution in [0, 0.1) is 0 Å². The summed E-state index contributed by atoms with van der Waals surface area (Å²) in [6.45, 7) is 3.52. The van der Waals surface area contributed by atoms with Gasteiger partial charge in [0, 0.05) is 29.8 Å². The molecule has 3 aromatic rings. The van der Waals surface area contributed by atoms with Crippen LogP contribution < -0.4 is 21.5 Å². The zero-order chi connectivity index (χ0) is 20.5. The minimum absolute atomic E-state index is 0.217. The first-order chi connectivity index (χ1) is 14.0. The summed E-state index contributed by atoms with van der Waals surface area (Å²) < 4.78 is 3.69. The molecule has 29 heavy (non-hydrogen) atoms. The Morgan fingerprint density at radius 1 is 1.24 bits per heavy atom. The minimum Gasteiger partial charge on any atom is -0.348 e. The first-order valence-electron chi connectivity index (χ1n) is 9.42. The van der Waals surface area contributed by atoms with Crippen molar-refractivity contribution in [3.8, 4) is 0 Å². The highest BCUT2D eigenvalue weighted by atomic mass is 79.9. The topological polar surface area (TPSA) is 89.2 Å². The number of thiazole rings is 1. The quantitative estimate of drug-likeness (QED) is 0.609. The van der Waals surface area contributed by atoms with Crippen LogP contribution in [0.15, 0.2) is 38.3 Å². The van der Waals surface area contributed by atoms with Crippen molar-refractivity contribution in [1.29, 1.82) is 0 Å². The molecule has 1 N–H and O–H groups in total. The normalized spacial score (nSPS) is 13.9. The molecule has 0 radical (unpaired) electrons. The number of rotatable bonds is 5. The lowest BCUT2D eigenvalue weighted by Crippen LogP contribution is -2.41. The Hall–Kier alpha value is -2.46. The Labute approximate surface area is 178 Å². The van der Waals surface area contributed by atoms with Crippen LogP contribution in [0.2, 0.25) is 0 Å². The van der Waals surface area contributed by atoms with Crippen molar-refractivity contribution < 1.29 is 4.79 Å². The molecule has 1 saturated heterocycles. The second-order valence-corrected chi connectivity index (χ2v) is 8.71. The van der Waals surface area contributed by atoms with Gasteiger partial charge in [-0.1, -0.05) is 33.3 Å². The fourth-order valence-electron chi connectivity index (χ4n) is 3.44. The molecule has 0 unspecified atom stereocenters. The first kappa shape index (κ1) is 19.8. The molecule has 1 aliphatic rings. The van der Waals surface area contributed by atoms with Gasteiger partial charge in [-0.15, -0.1) is 0 Å². The molecular weight excluding hydrogens is 458 g/mol. The summed E-state index contributed by atoms with van der Waals surface area (Å²) in [6, 6.07) is 7.21. The van der Waals surface area contributed by atoms with Crippen molar-refractivity contribution in [3.05, 3.63) is 49.6 Å². The molecule has 1 fully saturated rings. The van der Waals surface area contributed by atoms with Crippen LogP contribution in [0.1, 0.15) is 19.8 Å². The van der Waals surface area contributed by atoms with Crippen molar-refractivity contribution in [2.45, 2.75) is 32.9 Å². The summed E-state index contributed by atoms with van der Waals surface area (Å²) >= 11 is 4.66. The molecule has 0 bridgehead atoms. The molecule has 3 heterocycles. The Morgan fingerprint density at radius 2 is 2.00 bits per heavy atom. The van der Waals surface area contributed by atoms with Gasteiger partial charge < -0.3 is 10.2 Å². The number of carbonyl (C=O) groups excluding carboxylic acids is 1. The van der Waals surface area contributed by atoms with Gasteiger partial charge in [0.1, 0.15) is 11.2 Å². The second kappa shape index (κ2) is 8.11. The number of benzene rings is 1. The van der Waals surface area contributed by atoms with E-state index in [1.54, 1.807) is 19.1 Å². The van der Waals surface area contributed by atoms with E-state index in [-0.39, 0.29) is 30.2 Å². The van der Waals surface area contributed by atoms with E-state index in [0.29, 0.717) is 10.4 Å². The molecule has 4 rings (SSSR count). The van der Waals surface area contributed by atoms with E-state index < -0.39 is 5.69 Å². The highest BCUT2D eigenvalue weighted by Gasteiger charge is 2.22. The monoisotopic (exact) mass is 477 g/mol. The molecule has 152 valence electrons. The van der Waals surface area contributed by atoms with E-state index in [4.69, 9.17) is 0 Å². The van der Waals surface area contributed by atoms with Gasteiger partial charge in [-0.3, -0.25) is 18.7 Å². The molecule has 1 aliphatic heterocycles. The molecule has 0 saturated carbocycles. The number of fused-ring (bicyclic) bond motifs is 1. The number of nitrogens with one attached hydrogen (secondary N) is 1. The standard InChI is InChI=1S/C19H20BrN5O3S/c1-2-24-17(27)15-16(22-18(29-15)23-8-3-4-9-23)25(19(24)28)11-14(26)21-13-7-5-6-12(20)10-13/h5-7,10H,2-4,8-9,11H2,1H3,(H,21,26). The maximum Gasteiger partial charge on any atom is 0.333 e. The summed E-state index contributed by atoms with van der Waals surface area (Å²) in [6.07, 6.45) is 2.16. The van der Waals surface area contributed by atoms with Crippen molar-refractivity contribution in [2.24, 2.45) is 0 Å². The lowest BCUT2D eigenvalue weighted by atomic mass is 10.3. The van der Waals surface area contributed by atoms with E-state index in [9.17, 15) is 14.4 Å². The number of hydrogen-bond donors (Lipinski definition) is 1. The molecule has 10 heteroatoms. The highest BCUT2D eigenvalue weighted by Crippen LogP contribution is 2.28. The summed E-state index contributed by atoms with van der Waals surface area (Å²) in [5, 5.41) is 3.51. The summed E-state index contributed by atoms with van der Waals surface area (Å²) in [4.78, 5) is 45.0. The average Bonchev–Trinajstić information content (AvgIpc) is 3.35. The third-order valence-corrected chi connectivity index (χ3v) is 6.44. The molecule has 0 aliphatic carbocycles. The predicted octanol–water partition coefficient (Wildman–Crippen LogP) is 2.64. The third kappa shape index (κ3) is 3.86. The molecule has 0 spiro atoms. The van der Waals surface area contributed by atoms with Crippen LogP contribution in [0.4, 0.5) is 10.8 Å². The van der Waals surface area contributed by atoms with Crippen molar-refractivity contribution in [3.63, 3.8) is 0 Å². The highest BCUT2D eigenvalue weighted by molar-refractivity contribution is 9.10. The van der Waals surface area contributed by atoms with Gasteiger partial charge in [0.15, 0.2) is 10.8 Å². The van der Waals surface area contributed by atoms with Crippen molar-refractivity contribution >= 4 is 54.3 Å². The van der Waals surface area contributed by atoms with E-state index in [1.165, 1.54) is 15.9 Å². The van der Waals surface area contributed by atoms with Gasteiger partial charge in [-0.25, -0.2) is 9.78 Å². The van der Waals surface area contributed by atoms with E-state index in [2.05, 4.69) is 31.1 Å². The Kier molecular flexibility index (Phi) is 5.55. The van der Waals surface area contributed by atoms with E-state index in [1.807, 2.05) is 12.1 Å². The van der Waals surface area contributed by atoms with Crippen LogP contribution in [-0.2, 0) is 17.9 Å². The third-order valence-electron chi connectivity index (χ3n) is 4.86. The maximum atomic E-state index is 12.9. The van der Waals surface area contributed by atoms with Gasteiger partial charge in [0.05, 0.1) is 0 Å². The molecular formula is C19H20BrN5O3S.